The first-order valence-corrected chi connectivity index (χ1v) is 11.4. The van der Waals surface area contributed by atoms with Gasteiger partial charge in [0.15, 0.2) is 0 Å². The van der Waals surface area contributed by atoms with Gasteiger partial charge in [-0.25, -0.2) is 0 Å². The van der Waals surface area contributed by atoms with Crippen molar-refractivity contribution in [1.29, 1.82) is 0 Å². The smallest absolute Gasteiger partial charge is 0.293 e. The van der Waals surface area contributed by atoms with Gasteiger partial charge in [-0.2, -0.15) is 0 Å². The second-order valence-electron chi connectivity index (χ2n) is 9.02. The first-order chi connectivity index (χ1) is 15.9. The number of aromatic nitrogens is 2. The van der Waals surface area contributed by atoms with Gasteiger partial charge in [0.05, 0.1) is 30.7 Å². The summed E-state index contributed by atoms with van der Waals surface area (Å²) in [5.41, 5.74) is 6.03. The van der Waals surface area contributed by atoms with Crippen LogP contribution in [0.5, 0.6) is 0 Å². The SMILES string of the molecule is CCn1c(-c2cccnc2C(C)OC)c(CC(C)(C)COC=O)c2cc(NCCO)ccc21. The summed E-state index contributed by atoms with van der Waals surface area (Å²) in [6.45, 7) is 10.5. The third-order valence-electron chi connectivity index (χ3n) is 5.96. The minimum Gasteiger partial charge on any atom is -0.467 e. The number of anilines is 1. The van der Waals surface area contributed by atoms with E-state index in [0.717, 1.165) is 40.1 Å². The number of fused-ring (bicyclic) bond motifs is 1. The van der Waals surface area contributed by atoms with Crippen LogP contribution < -0.4 is 5.32 Å². The Morgan fingerprint density at radius 2 is 2.09 bits per heavy atom. The summed E-state index contributed by atoms with van der Waals surface area (Å²) in [6.07, 6.45) is 2.34. The van der Waals surface area contributed by atoms with E-state index < -0.39 is 0 Å². The molecule has 0 spiro atoms. The number of nitrogens with zero attached hydrogens (tertiary/aromatic N) is 2. The molecule has 0 aliphatic heterocycles. The van der Waals surface area contributed by atoms with E-state index in [2.05, 4.69) is 53.8 Å². The zero-order valence-corrected chi connectivity index (χ0v) is 20.2. The molecule has 178 valence electrons. The molecule has 2 N–H and O–H groups in total. The van der Waals surface area contributed by atoms with Gasteiger partial charge in [0.25, 0.3) is 6.47 Å². The van der Waals surface area contributed by atoms with E-state index in [0.29, 0.717) is 26.0 Å². The molecule has 0 aliphatic carbocycles. The van der Waals surface area contributed by atoms with E-state index in [9.17, 15) is 9.90 Å². The molecule has 7 nitrogen and oxygen atoms in total. The Balaban J connectivity index is 2.30. The molecule has 1 atom stereocenters. The Morgan fingerprint density at radius 1 is 1.30 bits per heavy atom. The lowest BCUT2D eigenvalue weighted by Gasteiger charge is -2.25. The summed E-state index contributed by atoms with van der Waals surface area (Å²) >= 11 is 0. The number of aliphatic hydroxyl groups excluding tert-OH is 1. The molecule has 0 bridgehead atoms. The van der Waals surface area contributed by atoms with Crippen LogP contribution in [0.4, 0.5) is 5.69 Å². The zero-order valence-electron chi connectivity index (χ0n) is 20.2. The molecular weight excluding hydrogens is 418 g/mol. The van der Waals surface area contributed by atoms with E-state index in [-0.39, 0.29) is 18.1 Å². The van der Waals surface area contributed by atoms with Gasteiger partial charge in [-0.05, 0) is 56.2 Å². The number of hydrogen-bond donors (Lipinski definition) is 2. The fraction of sp³-hybridized carbons (Fsp3) is 0.462. The van der Waals surface area contributed by atoms with E-state index >= 15 is 0 Å². The molecule has 0 saturated carbocycles. The van der Waals surface area contributed by atoms with Gasteiger partial charge in [-0.1, -0.05) is 13.8 Å². The maximum atomic E-state index is 10.9. The second kappa shape index (κ2) is 10.8. The van der Waals surface area contributed by atoms with Crippen molar-refractivity contribution in [2.45, 2.75) is 46.8 Å². The number of methoxy groups -OCH3 is 1. The van der Waals surface area contributed by atoms with Gasteiger partial charge in [0.2, 0.25) is 0 Å². The van der Waals surface area contributed by atoms with Gasteiger partial charge in [-0.3, -0.25) is 9.78 Å². The van der Waals surface area contributed by atoms with Crippen LogP contribution in [0.25, 0.3) is 22.2 Å². The van der Waals surface area contributed by atoms with Crippen LogP contribution in [0, 0.1) is 5.41 Å². The summed E-state index contributed by atoms with van der Waals surface area (Å²) in [4.78, 5) is 15.5. The molecule has 2 aromatic heterocycles. The molecule has 0 amide bonds. The highest BCUT2D eigenvalue weighted by Gasteiger charge is 2.28. The Labute approximate surface area is 195 Å². The lowest BCUT2D eigenvalue weighted by atomic mass is 9.84. The van der Waals surface area contributed by atoms with Gasteiger partial charge < -0.3 is 24.5 Å². The molecule has 0 fully saturated rings. The fourth-order valence-corrected chi connectivity index (χ4v) is 4.39. The summed E-state index contributed by atoms with van der Waals surface area (Å²) in [5.74, 6) is 0. The van der Waals surface area contributed by atoms with Crippen molar-refractivity contribution >= 4 is 23.1 Å². The molecule has 1 unspecified atom stereocenters. The number of ether oxygens (including phenoxy) is 2. The molecule has 7 heteroatoms. The molecule has 3 aromatic rings. The number of pyridine rings is 1. The molecule has 0 radical (unpaired) electrons. The Kier molecular flexibility index (Phi) is 8.10. The van der Waals surface area contributed by atoms with Crippen molar-refractivity contribution in [2.75, 3.05) is 32.2 Å². The van der Waals surface area contributed by atoms with Crippen LogP contribution in [-0.4, -0.2) is 48.0 Å². The van der Waals surface area contributed by atoms with Crippen molar-refractivity contribution in [3.8, 4) is 11.3 Å². The van der Waals surface area contributed by atoms with E-state index in [4.69, 9.17) is 9.47 Å². The van der Waals surface area contributed by atoms with Crippen LogP contribution >= 0.6 is 0 Å². The van der Waals surface area contributed by atoms with Crippen molar-refractivity contribution in [2.24, 2.45) is 5.41 Å². The summed E-state index contributed by atoms with van der Waals surface area (Å²) < 4.78 is 13.1. The first-order valence-electron chi connectivity index (χ1n) is 11.4. The van der Waals surface area contributed by atoms with Crippen molar-refractivity contribution in [3.63, 3.8) is 0 Å². The predicted molar refractivity (Wildman–Crippen MR) is 131 cm³/mol. The minimum atomic E-state index is -0.272. The number of aliphatic hydroxyl groups is 1. The van der Waals surface area contributed by atoms with E-state index in [1.807, 2.05) is 19.1 Å². The zero-order chi connectivity index (χ0) is 24.0. The van der Waals surface area contributed by atoms with Crippen molar-refractivity contribution in [3.05, 3.63) is 47.8 Å². The number of carbonyl (C=O) groups is 1. The number of nitrogens with one attached hydrogen (secondary N) is 1. The average Bonchev–Trinajstić information content (AvgIpc) is 3.12. The Morgan fingerprint density at radius 3 is 2.76 bits per heavy atom. The number of aryl methyl sites for hydroxylation is 1. The molecule has 0 saturated heterocycles. The fourth-order valence-electron chi connectivity index (χ4n) is 4.39. The van der Waals surface area contributed by atoms with Crippen LogP contribution in [0.3, 0.4) is 0 Å². The maximum Gasteiger partial charge on any atom is 0.293 e. The van der Waals surface area contributed by atoms with E-state index in [1.165, 1.54) is 5.56 Å². The highest BCUT2D eigenvalue weighted by atomic mass is 16.5. The molecular formula is C26H35N3O4. The number of hydrogen-bond acceptors (Lipinski definition) is 6. The maximum absolute atomic E-state index is 10.9. The summed E-state index contributed by atoms with van der Waals surface area (Å²) in [7, 11) is 1.69. The monoisotopic (exact) mass is 453 g/mol. The molecule has 33 heavy (non-hydrogen) atoms. The largest absolute Gasteiger partial charge is 0.467 e. The number of benzene rings is 1. The lowest BCUT2D eigenvalue weighted by molar-refractivity contribution is -0.131. The van der Waals surface area contributed by atoms with Gasteiger partial charge in [0.1, 0.15) is 0 Å². The number of carbonyl (C=O) groups excluding carboxylic acids is 1. The highest BCUT2D eigenvalue weighted by molar-refractivity contribution is 5.94. The average molecular weight is 454 g/mol. The molecule has 2 heterocycles. The van der Waals surface area contributed by atoms with Crippen LogP contribution in [0.15, 0.2) is 36.5 Å². The third kappa shape index (κ3) is 5.37. The third-order valence-corrected chi connectivity index (χ3v) is 5.96. The predicted octanol–water partition coefficient (Wildman–Crippen LogP) is 4.58. The quantitative estimate of drug-likeness (QED) is 0.391. The molecule has 1 aromatic carbocycles. The topological polar surface area (TPSA) is 85.6 Å². The van der Waals surface area contributed by atoms with Gasteiger partial charge in [-0.15, -0.1) is 0 Å². The minimum absolute atomic E-state index is 0.0656. The summed E-state index contributed by atoms with van der Waals surface area (Å²) in [5, 5.41) is 13.7. The highest BCUT2D eigenvalue weighted by Crippen LogP contribution is 2.41. The van der Waals surface area contributed by atoms with Crippen molar-refractivity contribution < 1.29 is 19.4 Å². The van der Waals surface area contributed by atoms with Gasteiger partial charge in [0, 0.05) is 54.0 Å². The Bertz CT molecular complexity index is 1090. The normalized spacial score (nSPS) is 12.7. The first kappa shape index (κ1) is 24.7. The lowest BCUT2D eigenvalue weighted by Crippen LogP contribution is -2.22. The van der Waals surface area contributed by atoms with E-state index in [1.54, 1.807) is 13.3 Å². The van der Waals surface area contributed by atoms with Gasteiger partial charge >= 0.3 is 0 Å². The second-order valence-corrected chi connectivity index (χ2v) is 9.02. The molecule has 3 rings (SSSR count). The van der Waals surface area contributed by atoms with Crippen molar-refractivity contribution in [1.82, 2.24) is 9.55 Å². The van der Waals surface area contributed by atoms with Crippen LogP contribution in [0.1, 0.15) is 45.1 Å². The standard InChI is InChI=1S/C26H35N3O4/c1-6-29-23-10-9-19(27-12-13-30)14-21(23)22(15-26(3,4)16-33-17-31)25(29)20-8-7-11-28-24(20)18(2)32-5/h7-11,14,17-18,27,30H,6,12-13,15-16H2,1-5H3. The molecule has 0 aliphatic rings. The van der Waals surface area contributed by atoms with Crippen LogP contribution in [-0.2, 0) is 27.2 Å². The summed E-state index contributed by atoms with van der Waals surface area (Å²) in [6, 6.07) is 10.4. The number of rotatable bonds is 12. The Hall–Kier alpha value is -2.90. The van der Waals surface area contributed by atoms with Crippen LogP contribution in [0.2, 0.25) is 0 Å².